The number of aliphatic carboxylic acids is 1. The summed E-state index contributed by atoms with van der Waals surface area (Å²) in [5.41, 5.74) is 1.02. The summed E-state index contributed by atoms with van der Waals surface area (Å²) in [5, 5.41) is 9.33. The highest BCUT2D eigenvalue weighted by molar-refractivity contribution is 5.73. The molecule has 1 aliphatic rings. The van der Waals surface area contributed by atoms with Crippen LogP contribution < -0.4 is 9.47 Å². The summed E-state index contributed by atoms with van der Waals surface area (Å²) < 4.78 is 10.9. The van der Waals surface area contributed by atoms with Crippen LogP contribution in [0.15, 0.2) is 30.9 Å². The first-order valence-corrected chi connectivity index (χ1v) is 7.53. The first kappa shape index (κ1) is 16.4. The summed E-state index contributed by atoms with van der Waals surface area (Å²) in [6.07, 6.45) is 4.41. The van der Waals surface area contributed by atoms with Gasteiger partial charge in [0.1, 0.15) is 12.6 Å². The molecule has 0 radical (unpaired) electrons. The predicted molar refractivity (Wildman–Crippen MR) is 84.4 cm³/mol. The number of carbonyl (C=O) groups is 1. The van der Waals surface area contributed by atoms with Gasteiger partial charge in [0.2, 0.25) is 0 Å². The molecule has 22 heavy (non-hydrogen) atoms. The maximum absolute atomic E-state index is 11.4. The van der Waals surface area contributed by atoms with E-state index in [9.17, 15) is 9.90 Å². The second kappa shape index (κ2) is 7.84. The van der Waals surface area contributed by atoms with Crippen LogP contribution in [0.3, 0.4) is 0 Å². The molecule has 5 nitrogen and oxygen atoms in total. The van der Waals surface area contributed by atoms with E-state index in [2.05, 4.69) is 6.58 Å². The Kier molecular flexibility index (Phi) is 5.83. The molecule has 1 atom stereocenters. The molecule has 0 aliphatic carbocycles. The molecule has 1 aliphatic heterocycles. The third kappa shape index (κ3) is 4.01. The third-order valence-electron chi connectivity index (χ3n) is 3.87. The first-order chi connectivity index (χ1) is 10.7. The zero-order chi connectivity index (χ0) is 15.9. The number of hydrogen-bond acceptors (Lipinski definition) is 4. The van der Waals surface area contributed by atoms with E-state index in [4.69, 9.17) is 9.47 Å². The van der Waals surface area contributed by atoms with Crippen molar-refractivity contribution in [3.63, 3.8) is 0 Å². The quantitative estimate of drug-likeness (QED) is 0.785. The minimum absolute atomic E-state index is 0.392. The standard InChI is InChI=1S/C17H23NO4/c1-3-10-22-15-8-7-13(11-16(15)21-2)12-18-9-5-4-6-14(18)17(19)20/h3,7-8,11,14H,1,4-6,9-10,12H2,2H3,(H,19,20). The van der Waals surface area contributed by atoms with E-state index in [0.717, 1.165) is 24.9 Å². The molecule has 0 spiro atoms. The van der Waals surface area contributed by atoms with Gasteiger partial charge in [0, 0.05) is 6.54 Å². The number of likely N-dealkylation sites (tertiary alicyclic amines) is 1. The fourth-order valence-corrected chi connectivity index (χ4v) is 2.77. The fraction of sp³-hybridized carbons (Fsp3) is 0.471. The highest BCUT2D eigenvalue weighted by Crippen LogP contribution is 2.29. The zero-order valence-electron chi connectivity index (χ0n) is 13.0. The molecule has 120 valence electrons. The molecular formula is C17H23NO4. The summed E-state index contributed by atoms with van der Waals surface area (Å²) in [6.45, 7) is 5.46. The van der Waals surface area contributed by atoms with Gasteiger partial charge < -0.3 is 14.6 Å². The summed E-state index contributed by atoms with van der Waals surface area (Å²) >= 11 is 0. The van der Waals surface area contributed by atoms with E-state index in [0.29, 0.717) is 31.1 Å². The van der Waals surface area contributed by atoms with E-state index in [1.54, 1.807) is 13.2 Å². The van der Waals surface area contributed by atoms with E-state index >= 15 is 0 Å². The molecule has 1 aromatic carbocycles. The molecule has 1 N–H and O–H groups in total. The normalized spacial score (nSPS) is 18.7. The molecule has 0 amide bonds. The monoisotopic (exact) mass is 305 g/mol. The Morgan fingerprint density at radius 3 is 2.95 bits per heavy atom. The topological polar surface area (TPSA) is 59.0 Å². The Labute approximate surface area is 131 Å². The van der Waals surface area contributed by atoms with Crippen molar-refractivity contribution in [1.29, 1.82) is 0 Å². The maximum atomic E-state index is 11.4. The molecule has 0 saturated carbocycles. The lowest BCUT2D eigenvalue weighted by atomic mass is 10.0. The fourth-order valence-electron chi connectivity index (χ4n) is 2.77. The lowest BCUT2D eigenvalue weighted by Gasteiger charge is -2.32. The van der Waals surface area contributed by atoms with Crippen LogP contribution in [0, 0.1) is 0 Å². The Morgan fingerprint density at radius 2 is 2.27 bits per heavy atom. The number of carboxylic acids is 1. The van der Waals surface area contributed by atoms with Crippen LogP contribution >= 0.6 is 0 Å². The summed E-state index contributed by atoms with van der Waals surface area (Å²) in [5.74, 6) is 0.584. The van der Waals surface area contributed by atoms with Crippen LogP contribution in [0.4, 0.5) is 0 Å². The second-order valence-corrected chi connectivity index (χ2v) is 5.41. The van der Waals surface area contributed by atoms with Crippen molar-refractivity contribution in [3.8, 4) is 11.5 Å². The zero-order valence-corrected chi connectivity index (χ0v) is 13.0. The lowest BCUT2D eigenvalue weighted by molar-refractivity contribution is -0.144. The Hall–Kier alpha value is -2.01. The van der Waals surface area contributed by atoms with Crippen LogP contribution in [-0.4, -0.2) is 42.3 Å². The van der Waals surface area contributed by atoms with Crippen LogP contribution in [0.1, 0.15) is 24.8 Å². The Balaban J connectivity index is 2.11. The van der Waals surface area contributed by atoms with Crippen molar-refractivity contribution in [1.82, 2.24) is 4.90 Å². The van der Waals surface area contributed by atoms with Gasteiger partial charge in [-0.1, -0.05) is 25.1 Å². The average Bonchev–Trinajstić information content (AvgIpc) is 2.53. The Morgan fingerprint density at radius 1 is 1.45 bits per heavy atom. The van der Waals surface area contributed by atoms with Crippen molar-refractivity contribution < 1.29 is 19.4 Å². The molecule has 2 rings (SSSR count). The highest BCUT2D eigenvalue weighted by Gasteiger charge is 2.28. The molecular weight excluding hydrogens is 282 g/mol. The van der Waals surface area contributed by atoms with E-state index in [1.807, 2.05) is 23.1 Å². The van der Waals surface area contributed by atoms with E-state index in [-0.39, 0.29) is 0 Å². The number of nitrogens with zero attached hydrogens (tertiary/aromatic N) is 1. The van der Waals surface area contributed by atoms with Crippen molar-refractivity contribution in [2.45, 2.75) is 31.8 Å². The lowest BCUT2D eigenvalue weighted by Crippen LogP contribution is -2.43. The van der Waals surface area contributed by atoms with Gasteiger partial charge >= 0.3 is 5.97 Å². The third-order valence-corrected chi connectivity index (χ3v) is 3.87. The SMILES string of the molecule is C=CCOc1ccc(CN2CCCCC2C(=O)O)cc1OC. The van der Waals surface area contributed by atoms with Crippen molar-refractivity contribution >= 4 is 5.97 Å². The average molecular weight is 305 g/mol. The van der Waals surface area contributed by atoms with E-state index < -0.39 is 12.0 Å². The van der Waals surface area contributed by atoms with Gasteiger partial charge in [0.15, 0.2) is 11.5 Å². The van der Waals surface area contributed by atoms with Gasteiger partial charge in [-0.15, -0.1) is 0 Å². The minimum Gasteiger partial charge on any atom is -0.493 e. The predicted octanol–water partition coefficient (Wildman–Crippen LogP) is 2.70. The van der Waals surface area contributed by atoms with Gasteiger partial charge in [-0.25, -0.2) is 0 Å². The first-order valence-electron chi connectivity index (χ1n) is 7.53. The highest BCUT2D eigenvalue weighted by atomic mass is 16.5. The molecule has 0 aromatic heterocycles. The molecule has 1 heterocycles. The van der Waals surface area contributed by atoms with Gasteiger partial charge in [-0.3, -0.25) is 9.69 Å². The summed E-state index contributed by atoms with van der Waals surface area (Å²) in [4.78, 5) is 13.4. The Bertz CT molecular complexity index is 529. The smallest absolute Gasteiger partial charge is 0.320 e. The van der Waals surface area contributed by atoms with Crippen LogP contribution in [0.5, 0.6) is 11.5 Å². The molecule has 1 saturated heterocycles. The van der Waals surface area contributed by atoms with Gasteiger partial charge in [-0.2, -0.15) is 0 Å². The molecule has 0 bridgehead atoms. The number of piperidine rings is 1. The minimum atomic E-state index is -0.738. The van der Waals surface area contributed by atoms with E-state index in [1.165, 1.54) is 0 Å². The number of carboxylic acid groups (broad SMARTS) is 1. The molecule has 1 unspecified atom stereocenters. The second-order valence-electron chi connectivity index (χ2n) is 5.41. The van der Waals surface area contributed by atoms with Gasteiger partial charge in [-0.05, 0) is 37.1 Å². The summed E-state index contributed by atoms with van der Waals surface area (Å²) in [7, 11) is 1.60. The number of ether oxygens (including phenoxy) is 2. The van der Waals surface area contributed by atoms with Gasteiger partial charge in [0.05, 0.1) is 7.11 Å². The summed E-state index contributed by atoms with van der Waals surface area (Å²) in [6, 6.07) is 5.33. The van der Waals surface area contributed by atoms with Crippen molar-refractivity contribution in [2.75, 3.05) is 20.3 Å². The molecule has 5 heteroatoms. The van der Waals surface area contributed by atoms with Crippen LogP contribution in [0.25, 0.3) is 0 Å². The maximum Gasteiger partial charge on any atom is 0.320 e. The number of benzene rings is 1. The van der Waals surface area contributed by atoms with Crippen molar-refractivity contribution in [2.24, 2.45) is 0 Å². The largest absolute Gasteiger partial charge is 0.493 e. The number of hydrogen-bond donors (Lipinski definition) is 1. The number of rotatable bonds is 7. The molecule has 1 aromatic rings. The number of methoxy groups -OCH3 is 1. The van der Waals surface area contributed by atoms with Gasteiger partial charge in [0.25, 0.3) is 0 Å². The van der Waals surface area contributed by atoms with Crippen LogP contribution in [-0.2, 0) is 11.3 Å². The molecule has 1 fully saturated rings. The van der Waals surface area contributed by atoms with Crippen LogP contribution in [0.2, 0.25) is 0 Å². The van der Waals surface area contributed by atoms with Crippen molar-refractivity contribution in [3.05, 3.63) is 36.4 Å².